The minimum Gasteiger partial charge on any atom is -0.431 e. The molecule has 3 rings (SSSR count). The van der Waals surface area contributed by atoms with Crippen LogP contribution in [0.5, 0.6) is 0 Å². The maximum absolute atomic E-state index is 12.3. The highest BCUT2D eigenvalue weighted by molar-refractivity contribution is 7.92. The number of anilines is 2. The Kier molecular flexibility index (Phi) is 2.50. The van der Waals surface area contributed by atoms with E-state index in [1.165, 1.54) is 22.0 Å². The molecule has 3 N–H and O–H groups in total. The summed E-state index contributed by atoms with van der Waals surface area (Å²) >= 11 is 1.29. The van der Waals surface area contributed by atoms with Gasteiger partial charge in [-0.05, 0) is 6.92 Å². The summed E-state index contributed by atoms with van der Waals surface area (Å²) in [6.07, 6.45) is 2.93. The largest absolute Gasteiger partial charge is 0.431 e. The Labute approximate surface area is 111 Å². The molecule has 0 saturated carbocycles. The molecule has 0 bridgehead atoms. The number of rotatable bonds is 3. The fourth-order valence-corrected chi connectivity index (χ4v) is 3.54. The van der Waals surface area contributed by atoms with Crippen LogP contribution in [0.4, 0.5) is 11.8 Å². The Bertz CT molecular complexity index is 844. The van der Waals surface area contributed by atoms with Crippen molar-refractivity contribution in [1.29, 1.82) is 0 Å². The van der Waals surface area contributed by atoms with Gasteiger partial charge in [0.2, 0.25) is 5.03 Å². The fraction of sp³-hybridized carbons (Fsp3) is 0.111. The molecule has 0 aliphatic carbocycles. The highest BCUT2D eigenvalue weighted by atomic mass is 32.2. The molecule has 0 fully saturated rings. The fourth-order valence-electron chi connectivity index (χ4n) is 1.61. The number of nitrogens with zero attached hydrogens (tertiary/aromatic N) is 3. The van der Waals surface area contributed by atoms with Gasteiger partial charge in [-0.1, -0.05) is 0 Å². The second-order valence-electron chi connectivity index (χ2n) is 3.76. The number of hydrogen-bond acceptors (Lipinski definition) is 7. The summed E-state index contributed by atoms with van der Waals surface area (Å²) in [5.41, 5.74) is 6.22. The molecule has 0 radical (unpaired) electrons. The number of oxazole rings is 1. The van der Waals surface area contributed by atoms with Crippen LogP contribution in [-0.2, 0) is 10.0 Å². The Morgan fingerprint density at radius 1 is 1.47 bits per heavy atom. The third-order valence-electron chi connectivity index (χ3n) is 2.34. The zero-order chi connectivity index (χ0) is 13.6. The van der Waals surface area contributed by atoms with Gasteiger partial charge < -0.3 is 10.2 Å². The van der Waals surface area contributed by atoms with Crippen molar-refractivity contribution in [2.75, 3.05) is 10.5 Å². The summed E-state index contributed by atoms with van der Waals surface area (Å²) in [6.45, 7) is 1.69. The second-order valence-corrected chi connectivity index (χ2v) is 6.23. The van der Waals surface area contributed by atoms with Crippen molar-refractivity contribution < 1.29 is 12.8 Å². The van der Waals surface area contributed by atoms with Crippen LogP contribution >= 0.6 is 11.3 Å². The van der Waals surface area contributed by atoms with Gasteiger partial charge in [-0.15, -0.1) is 11.3 Å². The van der Waals surface area contributed by atoms with E-state index >= 15 is 0 Å². The first-order chi connectivity index (χ1) is 8.97. The van der Waals surface area contributed by atoms with E-state index < -0.39 is 10.0 Å². The summed E-state index contributed by atoms with van der Waals surface area (Å²) in [5.74, 6) is -0.0670. The van der Waals surface area contributed by atoms with Crippen molar-refractivity contribution >= 4 is 38.2 Å². The number of nitrogens with two attached hydrogens (primary N) is 1. The summed E-state index contributed by atoms with van der Waals surface area (Å²) in [7, 11) is -3.91. The lowest BCUT2D eigenvalue weighted by atomic mass is 10.6. The van der Waals surface area contributed by atoms with Crippen molar-refractivity contribution in [3.8, 4) is 0 Å². The number of aromatic nitrogens is 3. The minimum atomic E-state index is -3.91. The van der Waals surface area contributed by atoms with Crippen LogP contribution in [0.25, 0.3) is 4.96 Å². The van der Waals surface area contributed by atoms with Crippen LogP contribution in [0.15, 0.2) is 27.3 Å². The molecule has 0 saturated heterocycles. The SMILES string of the molecule is Cc1coc(NS(=O)(=O)c2c(N)nc3sccn23)n1. The highest BCUT2D eigenvalue weighted by Gasteiger charge is 2.26. The van der Waals surface area contributed by atoms with Crippen molar-refractivity contribution in [3.05, 3.63) is 23.5 Å². The molecule has 100 valence electrons. The number of sulfonamides is 1. The zero-order valence-electron chi connectivity index (χ0n) is 9.69. The molecule has 3 aromatic heterocycles. The van der Waals surface area contributed by atoms with Gasteiger partial charge >= 0.3 is 6.01 Å². The van der Waals surface area contributed by atoms with Gasteiger partial charge in [0.15, 0.2) is 10.8 Å². The summed E-state index contributed by atoms with van der Waals surface area (Å²) in [5, 5.41) is 1.59. The second kappa shape index (κ2) is 3.96. The first kappa shape index (κ1) is 12.0. The van der Waals surface area contributed by atoms with Gasteiger partial charge in [0.25, 0.3) is 10.0 Å². The molecule has 0 atom stereocenters. The number of aryl methyl sites for hydroxylation is 1. The van der Waals surface area contributed by atoms with E-state index in [1.54, 1.807) is 18.5 Å². The molecule has 19 heavy (non-hydrogen) atoms. The van der Waals surface area contributed by atoms with Gasteiger partial charge in [-0.3, -0.25) is 4.40 Å². The van der Waals surface area contributed by atoms with Crippen molar-refractivity contribution in [2.45, 2.75) is 11.9 Å². The number of fused-ring (bicyclic) bond motifs is 1. The van der Waals surface area contributed by atoms with Gasteiger partial charge in [-0.25, -0.2) is 9.71 Å². The predicted octanol–water partition coefficient (Wildman–Crippen LogP) is 1.08. The van der Waals surface area contributed by atoms with E-state index in [1.807, 2.05) is 0 Å². The molecule has 0 aromatic carbocycles. The number of nitrogens with one attached hydrogen (secondary N) is 1. The average Bonchev–Trinajstić information content (AvgIpc) is 2.93. The third-order valence-corrected chi connectivity index (χ3v) is 4.45. The number of thiazole rings is 1. The van der Waals surface area contributed by atoms with Gasteiger partial charge in [0, 0.05) is 11.6 Å². The third kappa shape index (κ3) is 1.94. The van der Waals surface area contributed by atoms with E-state index in [0.717, 1.165) is 0 Å². The Morgan fingerprint density at radius 2 is 2.26 bits per heavy atom. The lowest BCUT2D eigenvalue weighted by Gasteiger charge is -2.03. The van der Waals surface area contributed by atoms with Crippen molar-refractivity contribution in [1.82, 2.24) is 14.4 Å². The number of imidazole rings is 1. The van der Waals surface area contributed by atoms with Gasteiger partial charge in [0.05, 0.1) is 5.69 Å². The Hall–Kier alpha value is -2.07. The molecule has 0 aliphatic rings. The van der Waals surface area contributed by atoms with Crippen molar-refractivity contribution in [3.63, 3.8) is 0 Å². The molecule has 8 nitrogen and oxygen atoms in total. The molecule has 0 aliphatic heterocycles. The van der Waals surface area contributed by atoms with Crippen LogP contribution in [0, 0.1) is 6.92 Å². The lowest BCUT2D eigenvalue weighted by Crippen LogP contribution is -2.16. The zero-order valence-corrected chi connectivity index (χ0v) is 11.3. The molecule has 3 heterocycles. The molecule has 0 unspecified atom stereocenters. The van der Waals surface area contributed by atoms with E-state index in [9.17, 15) is 8.42 Å². The quantitative estimate of drug-likeness (QED) is 0.747. The summed E-state index contributed by atoms with van der Waals surface area (Å²) in [4.78, 5) is 8.35. The van der Waals surface area contributed by atoms with Crippen LogP contribution in [-0.4, -0.2) is 22.8 Å². The van der Waals surface area contributed by atoms with E-state index in [-0.39, 0.29) is 16.9 Å². The predicted molar refractivity (Wildman–Crippen MR) is 69.5 cm³/mol. The number of hydrogen-bond donors (Lipinski definition) is 2. The Balaban J connectivity index is 2.09. The average molecular weight is 299 g/mol. The number of nitrogen functional groups attached to an aromatic ring is 1. The Morgan fingerprint density at radius 3 is 2.95 bits per heavy atom. The standard InChI is InChI=1S/C9H9N5O3S2/c1-5-4-17-8(11-5)13-19(15,16)7-6(10)12-9-14(7)2-3-18-9/h2-4H,10H2,1H3,(H,11,13). The minimum absolute atomic E-state index is 0.0670. The summed E-state index contributed by atoms with van der Waals surface area (Å²) in [6, 6.07) is -0.109. The lowest BCUT2D eigenvalue weighted by molar-refractivity contribution is 0.568. The van der Waals surface area contributed by atoms with Crippen LogP contribution in [0.1, 0.15) is 5.69 Å². The van der Waals surface area contributed by atoms with Crippen LogP contribution in [0.2, 0.25) is 0 Å². The molecule has 0 spiro atoms. The normalized spacial score (nSPS) is 12.1. The highest BCUT2D eigenvalue weighted by Crippen LogP contribution is 2.25. The maximum atomic E-state index is 12.3. The van der Waals surface area contributed by atoms with E-state index in [0.29, 0.717) is 10.7 Å². The molecular weight excluding hydrogens is 290 g/mol. The smallest absolute Gasteiger partial charge is 0.309 e. The van der Waals surface area contributed by atoms with Gasteiger partial charge in [-0.2, -0.15) is 13.4 Å². The van der Waals surface area contributed by atoms with E-state index in [2.05, 4.69) is 14.7 Å². The topological polar surface area (TPSA) is 116 Å². The first-order valence-electron chi connectivity index (χ1n) is 5.13. The molecular formula is C9H9N5O3S2. The van der Waals surface area contributed by atoms with Crippen LogP contribution < -0.4 is 10.5 Å². The van der Waals surface area contributed by atoms with Gasteiger partial charge in [0.1, 0.15) is 6.26 Å². The van der Waals surface area contributed by atoms with Crippen LogP contribution in [0.3, 0.4) is 0 Å². The van der Waals surface area contributed by atoms with Crippen molar-refractivity contribution in [2.24, 2.45) is 0 Å². The monoisotopic (exact) mass is 299 g/mol. The molecule has 0 amide bonds. The summed E-state index contributed by atoms with van der Waals surface area (Å²) < 4.78 is 33.1. The molecule has 10 heteroatoms. The molecule has 3 aromatic rings. The maximum Gasteiger partial charge on any atom is 0.309 e. The first-order valence-corrected chi connectivity index (χ1v) is 7.49. The van der Waals surface area contributed by atoms with E-state index in [4.69, 9.17) is 10.2 Å².